The molecule has 3 rings (SSSR count). The van der Waals surface area contributed by atoms with E-state index in [4.69, 9.17) is 22.1 Å². The third kappa shape index (κ3) is 5.62. The Balaban J connectivity index is 1.68. The summed E-state index contributed by atoms with van der Waals surface area (Å²) < 4.78 is 32.2. The Kier molecular flexibility index (Phi) is 8.13. The predicted octanol–water partition coefficient (Wildman–Crippen LogP) is 2.13. The normalized spacial score (nSPS) is 24.6. The fraction of sp³-hybridized carbons (Fsp3) is 0.565. The first-order chi connectivity index (χ1) is 16.4. The topological polar surface area (TPSA) is 135 Å². The number of ether oxygens (including phenoxy) is 1. The quantitative estimate of drug-likeness (QED) is 0.395. The van der Waals surface area contributed by atoms with Crippen LogP contribution < -0.4 is 21.7 Å². The zero-order valence-electron chi connectivity index (χ0n) is 19.8. The molecule has 12 heteroatoms. The SMILES string of the molecule is COC(C)(C)CNC(=O)C1=NCNC1(C(N)=O)C1CCC(C(=O)Nc2cc(F)c(F)cc2Cl)CC1. The Morgan fingerprint density at radius 1 is 1.23 bits per heavy atom. The molecule has 3 amide bonds. The molecule has 192 valence electrons. The molecular weight excluding hydrogens is 484 g/mol. The maximum atomic E-state index is 13.5. The zero-order chi connectivity index (χ0) is 26.0. The van der Waals surface area contributed by atoms with Crippen molar-refractivity contribution in [1.29, 1.82) is 0 Å². The van der Waals surface area contributed by atoms with Gasteiger partial charge in [-0.2, -0.15) is 0 Å². The van der Waals surface area contributed by atoms with Gasteiger partial charge in [-0.1, -0.05) is 11.6 Å². The monoisotopic (exact) mass is 513 g/mol. The number of amides is 3. The van der Waals surface area contributed by atoms with Crippen molar-refractivity contribution < 1.29 is 27.9 Å². The van der Waals surface area contributed by atoms with Crippen LogP contribution in [0.25, 0.3) is 0 Å². The second kappa shape index (κ2) is 10.5. The molecule has 0 bridgehead atoms. The van der Waals surface area contributed by atoms with Crippen molar-refractivity contribution in [2.45, 2.75) is 50.7 Å². The van der Waals surface area contributed by atoms with Crippen LogP contribution in [0.15, 0.2) is 17.1 Å². The maximum absolute atomic E-state index is 13.5. The lowest BCUT2D eigenvalue weighted by molar-refractivity contribution is -0.126. The molecule has 1 aromatic carbocycles. The maximum Gasteiger partial charge on any atom is 0.267 e. The van der Waals surface area contributed by atoms with Crippen molar-refractivity contribution in [2.24, 2.45) is 22.6 Å². The second-order valence-corrected chi connectivity index (χ2v) is 9.85. The highest BCUT2D eigenvalue weighted by Crippen LogP contribution is 2.39. The highest BCUT2D eigenvalue weighted by atomic mass is 35.5. The molecule has 1 unspecified atom stereocenters. The summed E-state index contributed by atoms with van der Waals surface area (Å²) in [5.41, 5.74) is 3.74. The van der Waals surface area contributed by atoms with E-state index in [9.17, 15) is 23.2 Å². The number of rotatable bonds is 8. The van der Waals surface area contributed by atoms with Crippen LogP contribution in [0, 0.1) is 23.5 Å². The molecule has 1 aliphatic heterocycles. The smallest absolute Gasteiger partial charge is 0.267 e. The van der Waals surface area contributed by atoms with Gasteiger partial charge in [0.05, 0.1) is 23.0 Å². The lowest BCUT2D eigenvalue weighted by Crippen LogP contribution is -2.66. The molecule has 5 N–H and O–H groups in total. The highest BCUT2D eigenvalue weighted by molar-refractivity contribution is 6.47. The molecule has 1 fully saturated rings. The summed E-state index contributed by atoms with van der Waals surface area (Å²) in [6.45, 7) is 3.89. The van der Waals surface area contributed by atoms with Gasteiger partial charge in [-0.15, -0.1) is 0 Å². The number of carbonyl (C=O) groups excluding carboxylic acids is 3. The number of aliphatic imine (C=N–C) groups is 1. The Morgan fingerprint density at radius 3 is 2.46 bits per heavy atom. The lowest BCUT2D eigenvalue weighted by atomic mass is 9.69. The van der Waals surface area contributed by atoms with Crippen molar-refractivity contribution >= 4 is 40.7 Å². The van der Waals surface area contributed by atoms with Crippen LogP contribution in [0.4, 0.5) is 14.5 Å². The van der Waals surface area contributed by atoms with Crippen molar-refractivity contribution in [3.05, 3.63) is 28.8 Å². The average molecular weight is 514 g/mol. The molecule has 1 saturated carbocycles. The molecule has 1 atom stereocenters. The number of benzene rings is 1. The van der Waals surface area contributed by atoms with Crippen LogP contribution in [0.1, 0.15) is 39.5 Å². The molecule has 1 aromatic rings. The van der Waals surface area contributed by atoms with E-state index < -0.39 is 46.4 Å². The van der Waals surface area contributed by atoms with E-state index in [0.717, 1.165) is 12.1 Å². The van der Waals surface area contributed by atoms with Crippen LogP contribution in [0.2, 0.25) is 5.02 Å². The van der Waals surface area contributed by atoms with E-state index >= 15 is 0 Å². The standard InChI is InChI=1S/C23H30ClF2N5O4/c1-22(2,35-3)10-28-20(33)18-23(21(27)34,30-11-29-18)13-6-4-12(5-7-13)19(32)31-17-9-16(26)15(25)8-14(17)24/h8-9,12-13,30H,4-7,10-11H2,1-3H3,(H2,27,34)(H,28,33)(H,31,32). The molecule has 2 aliphatic rings. The number of hydrogen-bond donors (Lipinski definition) is 4. The van der Waals surface area contributed by atoms with Gasteiger partial charge in [0.15, 0.2) is 11.6 Å². The van der Waals surface area contributed by atoms with Crippen molar-refractivity contribution in [3.8, 4) is 0 Å². The van der Waals surface area contributed by atoms with E-state index in [1.54, 1.807) is 0 Å². The Bertz CT molecular complexity index is 1040. The van der Waals surface area contributed by atoms with Crippen molar-refractivity contribution in [2.75, 3.05) is 25.6 Å². The molecular formula is C23H30ClF2N5O4. The van der Waals surface area contributed by atoms with Crippen molar-refractivity contribution in [3.63, 3.8) is 0 Å². The number of anilines is 1. The summed E-state index contributed by atoms with van der Waals surface area (Å²) in [4.78, 5) is 42.6. The van der Waals surface area contributed by atoms with Gasteiger partial charge in [0, 0.05) is 25.6 Å². The van der Waals surface area contributed by atoms with Crippen LogP contribution in [0.5, 0.6) is 0 Å². The van der Waals surface area contributed by atoms with Gasteiger partial charge in [0.2, 0.25) is 11.8 Å². The van der Waals surface area contributed by atoms with Gasteiger partial charge >= 0.3 is 0 Å². The van der Waals surface area contributed by atoms with E-state index in [1.165, 1.54) is 7.11 Å². The first-order valence-corrected chi connectivity index (χ1v) is 11.7. The number of primary amides is 1. The summed E-state index contributed by atoms with van der Waals surface area (Å²) in [6, 6.07) is 1.63. The van der Waals surface area contributed by atoms with Crippen LogP contribution in [-0.4, -0.2) is 54.9 Å². The number of methoxy groups -OCH3 is 1. The molecule has 0 spiro atoms. The largest absolute Gasteiger partial charge is 0.377 e. The number of halogens is 3. The van der Waals surface area contributed by atoms with Crippen LogP contribution >= 0.6 is 11.6 Å². The van der Waals surface area contributed by atoms with Gasteiger partial charge < -0.3 is 21.1 Å². The highest BCUT2D eigenvalue weighted by Gasteiger charge is 2.54. The first-order valence-electron chi connectivity index (χ1n) is 11.3. The minimum atomic E-state index is -1.45. The third-order valence-electron chi connectivity index (χ3n) is 6.78. The minimum absolute atomic E-state index is 0.0196. The minimum Gasteiger partial charge on any atom is -0.377 e. The number of hydrogen-bond acceptors (Lipinski definition) is 6. The Morgan fingerprint density at radius 2 is 1.86 bits per heavy atom. The van der Waals surface area contributed by atoms with Crippen LogP contribution in [-0.2, 0) is 19.1 Å². The third-order valence-corrected chi connectivity index (χ3v) is 7.09. The van der Waals surface area contributed by atoms with E-state index in [-0.39, 0.29) is 35.6 Å². The lowest BCUT2D eigenvalue weighted by Gasteiger charge is -2.39. The van der Waals surface area contributed by atoms with Gasteiger partial charge in [0.1, 0.15) is 11.3 Å². The molecule has 0 aromatic heterocycles. The number of carbonyl (C=O) groups is 3. The Hall–Kier alpha value is -2.63. The average Bonchev–Trinajstić information content (AvgIpc) is 3.27. The number of nitrogens with two attached hydrogens (primary N) is 1. The fourth-order valence-electron chi connectivity index (χ4n) is 4.54. The van der Waals surface area contributed by atoms with Crippen molar-refractivity contribution in [1.82, 2.24) is 10.6 Å². The van der Waals surface area contributed by atoms with Gasteiger partial charge in [-0.3, -0.25) is 24.7 Å². The van der Waals surface area contributed by atoms with Gasteiger partial charge in [-0.25, -0.2) is 8.78 Å². The van der Waals surface area contributed by atoms with E-state index in [1.807, 2.05) is 13.8 Å². The van der Waals surface area contributed by atoms with Gasteiger partial charge in [0.25, 0.3) is 5.91 Å². The van der Waals surface area contributed by atoms with E-state index in [0.29, 0.717) is 25.7 Å². The molecule has 1 heterocycles. The molecule has 0 saturated heterocycles. The van der Waals surface area contributed by atoms with Crippen LogP contribution in [0.3, 0.4) is 0 Å². The number of nitrogens with zero attached hydrogens (tertiary/aromatic N) is 1. The Labute approximate surface area is 207 Å². The summed E-state index contributed by atoms with van der Waals surface area (Å²) in [5.74, 6) is -4.65. The fourth-order valence-corrected chi connectivity index (χ4v) is 4.73. The first kappa shape index (κ1) is 27.0. The molecule has 9 nitrogen and oxygen atoms in total. The number of nitrogens with one attached hydrogen (secondary N) is 3. The van der Waals surface area contributed by atoms with Gasteiger partial charge in [-0.05, 0) is 51.5 Å². The molecule has 1 aliphatic carbocycles. The van der Waals surface area contributed by atoms with E-state index in [2.05, 4.69) is 20.9 Å². The summed E-state index contributed by atoms with van der Waals surface area (Å²) in [7, 11) is 1.53. The second-order valence-electron chi connectivity index (χ2n) is 9.44. The summed E-state index contributed by atoms with van der Waals surface area (Å²) in [6.07, 6.45) is 1.60. The zero-order valence-corrected chi connectivity index (χ0v) is 20.6. The molecule has 0 radical (unpaired) electrons. The molecule has 35 heavy (non-hydrogen) atoms. The summed E-state index contributed by atoms with van der Waals surface area (Å²) >= 11 is 5.92. The summed E-state index contributed by atoms with van der Waals surface area (Å²) in [5, 5.41) is 8.20. The predicted molar refractivity (Wildman–Crippen MR) is 127 cm³/mol.